The van der Waals surface area contributed by atoms with E-state index in [1.165, 1.54) is 6.07 Å². The minimum Gasteiger partial charge on any atom is -0.305 e. The van der Waals surface area contributed by atoms with Crippen molar-refractivity contribution >= 4 is 15.9 Å². The highest BCUT2D eigenvalue weighted by Crippen LogP contribution is 2.29. The van der Waals surface area contributed by atoms with E-state index >= 15 is 0 Å². The van der Waals surface area contributed by atoms with Gasteiger partial charge in [0.15, 0.2) is 0 Å². The van der Waals surface area contributed by atoms with Crippen LogP contribution in [0, 0.1) is 5.82 Å². The molecule has 2 rings (SSSR count). The topological polar surface area (TPSA) is 29.9 Å². The van der Waals surface area contributed by atoms with Crippen molar-refractivity contribution in [1.29, 1.82) is 0 Å². The fraction of sp³-hybridized carbons (Fsp3) is 0.308. The average molecular weight is 312 g/mol. The van der Waals surface area contributed by atoms with Crippen LogP contribution in [0.2, 0.25) is 0 Å². The number of rotatable bonds is 4. The Morgan fingerprint density at radius 1 is 1.44 bits per heavy atom. The van der Waals surface area contributed by atoms with Gasteiger partial charge in [0, 0.05) is 13.2 Å². The molecule has 96 valence electrons. The molecule has 1 aromatic carbocycles. The van der Waals surface area contributed by atoms with Gasteiger partial charge in [-0.1, -0.05) is 19.1 Å². The Balaban J connectivity index is 2.44. The molecule has 0 saturated heterocycles. The molecule has 0 aliphatic rings. The predicted molar refractivity (Wildman–Crippen MR) is 72.8 cm³/mol. The molecule has 18 heavy (non-hydrogen) atoms. The fourth-order valence-electron chi connectivity index (χ4n) is 1.91. The molecule has 1 atom stereocenters. The Morgan fingerprint density at radius 2 is 2.22 bits per heavy atom. The maximum atomic E-state index is 13.6. The lowest BCUT2D eigenvalue weighted by atomic mass is 10.0. The lowest BCUT2D eigenvalue weighted by molar-refractivity contribution is 0.580. The van der Waals surface area contributed by atoms with Gasteiger partial charge in [0.1, 0.15) is 5.82 Å². The molecule has 0 aliphatic heterocycles. The van der Waals surface area contributed by atoms with E-state index < -0.39 is 0 Å². The van der Waals surface area contributed by atoms with Gasteiger partial charge in [-0.25, -0.2) is 4.39 Å². The summed E-state index contributed by atoms with van der Waals surface area (Å²) in [6, 6.07) is 6.87. The van der Waals surface area contributed by atoms with Crippen LogP contribution < -0.4 is 5.32 Å². The predicted octanol–water partition coefficient (Wildman–Crippen LogP) is 3.02. The van der Waals surface area contributed by atoms with Gasteiger partial charge in [-0.15, -0.1) is 0 Å². The number of hydrogen-bond acceptors (Lipinski definition) is 2. The second-order valence-electron chi connectivity index (χ2n) is 4.05. The van der Waals surface area contributed by atoms with E-state index in [0.717, 1.165) is 17.8 Å². The van der Waals surface area contributed by atoms with Crippen molar-refractivity contribution in [3.8, 4) is 0 Å². The maximum absolute atomic E-state index is 13.6. The quantitative estimate of drug-likeness (QED) is 0.940. The lowest BCUT2D eigenvalue weighted by Gasteiger charge is -2.18. The zero-order chi connectivity index (χ0) is 13.1. The second kappa shape index (κ2) is 5.63. The van der Waals surface area contributed by atoms with E-state index in [4.69, 9.17) is 0 Å². The molecule has 3 nitrogen and oxygen atoms in total. The number of halogens is 2. The number of hydrogen-bond donors (Lipinski definition) is 1. The third-order valence-electron chi connectivity index (χ3n) is 2.73. The van der Waals surface area contributed by atoms with Gasteiger partial charge in [0.05, 0.1) is 16.2 Å². The summed E-state index contributed by atoms with van der Waals surface area (Å²) in [4.78, 5) is 0. The first-order chi connectivity index (χ1) is 8.63. The Bertz CT molecular complexity index is 539. The summed E-state index contributed by atoms with van der Waals surface area (Å²) in [7, 11) is 1.87. The van der Waals surface area contributed by atoms with Crippen LogP contribution in [-0.2, 0) is 7.05 Å². The zero-order valence-corrected chi connectivity index (χ0v) is 11.9. The molecule has 1 heterocycles. The molecule has 0 radical (unpaired) electrons. The minimum absolute atomic E-state index is 0.110. The first kappa shape index (κ1) is 13.2. The second-order valence-corrected chi connectivity index (χ2v) is 4.84. The van der Waals surface area contributed by atoms with Crippen LogP contribution in [0.1, 0.15) is 24.2 Å². The molecular formula is C13H15BrFN3. The van der Waals surface area contributed by atoms with E-state index in [9.17, 15) is 4.39 Å². The van der Waals surface area contributed by atoms with Crippen molar-refractivity contribution in [1.82, 2.24) is 15.1 Å². The summed E-state index contributed by atoms with van der Waals surface area (Å²) in [5, 5.41) is 7.71. The van der Waals surface area contributed by atoms with Gasteiger partial charge in [0.2, 0.25) is 0 Å². The summed E-state index contributed by atoms with van der Waals surface area (Å²) in [6.07, 6.45) is 1.88. The number of aromatic nitrogens is 2. The highest BCUT2D eigenvalue weighted by molar-refractivity contribution is 9.10. The van der Waals surface area contributed by atoms with Crippen molar-refractivity contribution in [3.05, 3.63) is 52.0 Å². The number of nitrogens with one attached hydrogen (secondary N) is 1. The van der Waals surface area contributed by atoms with Gasteiger partial charge >= 0.3 is 0 Å². The molecular weight excluding hydrogens is 297 g/mol. The SMILES string of the molecule is CCNC(c1ccn(C)n1)c1cccc(F)c1Br. The molecule has 5 heteroatoms. The molecule has 0 fully saturated rings. The highest BCUT2D eigenvalue weighted by Gasteiger charge is 2.19. The lowest BCUT2D eigenvalue weighted by Crippen LogP contribution is -2.23. The van der Waals surface area contributed by atoms with Crippen molar-refractivity contribution in [2.45, 2.75) is 13.0 Å². The maximum Gasteiger partial charge on any atom is 0.137 e. The molecule has 2 aromatic rings. The van der Waals surface area contributed by atoms with E-state index in [1.54, 1.807) is 10.7 Å². The molecule has 1 unspecified atom stereocenters. The Kier molecular flexibility index (Phi) is 4.14. The van der Waals surface area contributed by atoms with E-state index in [1.807, 2.05) is 32.3 Å². The molecule has 0 spiro atoms. The third kappa shape index (κ3) is 2.62. The summed E-state index contributed by atoms with van der Waals surface area (Å²) in [6.45, 7) is 2.80. The van der Waals surface area contributed by atoms with Crippen LogP contribution in [-0.4, -0.2) is 16.3 Å². The first-order valence-corrected chi connectivity index (χ1v) is 6.59. The smallest absolute Gasteiger partial charge is 0.137 e. The molecule has 0 aliphatic carbocycles. The largest absolute Gasteiger partial charge is 0.305 e. The molecule has 1 N–H and O–H groups in total. The van der Waals surface area contributed by atoms with Gasteiger partial charge in [0.25, 0.3) is 0 Å². The van der Waals surface area contributed by atoms with Crippen LogP contribution >= 0.6 is 15.9 Å². The first-order valence-electron chi connectivity index (χ1n) is 5.80. The number of aryl methyl sites for hydroxylation is 1. The molecule has 0 amide bonds. The Morgan fingerprint density at radius 3 is 2.83 bits per heavy atom. The third-order valence-corrected chi connectivity index (χ3v) is 3.57. The zero-order valence-electron chi connectivity index (χ0n) is 10.3. The van der Waals surface area contributed by atoms with Crippen molar-refractivity contribution in [2.75, 3.05) is 6.54 Å². The van der Waals surface area contributed by atoms with Gasteiger partial charge in [-0.3, -0.25) is 4.68 Å². The monoisotopic (exact) mass is 311 g/mol. The molecule has 0 bridgehead atoms. The van der Waals surface area contributed by atoms with Crippen LogP contribution in [0.3, 0.4) is 0 Å². The summed E-state index contributed by atoms with van der Waals surface area (Å²) in [5.74, 6) is -0.258. The fourth-order valence-corrected chi connectivity index (χ4v) is 2.40. The van der Waals surface area contributed by atoms with Crippen LogP contribution in [0.4, 0.5) is 4.39 Å². The van der Waals surface area contributed by atoms with Crippen molar-refractivity contribution in [3.63, 3.8) is 0 Å². The van der Waals surface area contributed by atoms with Gasteiger partial charge in [-0.05, 0) is 40.2 Å². The Hall–Kier alpha value is -1.20. The van der Waals surface area contributed by atoms with E-state index in [2.05, 4.69) is 26.3 Å². The van der Waals surface area contributed by atoms with Crippen molar-refractivity contribution in [2.24, 2.45) is 7.05 Å². The summed E-state index contributed by atoms with van der Waals surface area (Å²) >= 11 is 3.31. The minimum atomic E-state index is -0.258. The number of nitrogens with zero attached hydrogens (tertiary/aromatic N) is 2. The van der Waals surface area contributed by atoms with Gasteiger partial charge < -0.3 is 5.32 Å². The molecule has 1 aromatic heterocycles. The average Bonchev–Trinajstić information content (AvgIpc) is 2.77. The van der Waals surface area contributed by atoms with E-state index in [-0.39, 0.29) is 11.9 Å². The van der Waals surface area contributed by atoms with Crippen LogP contribution in [0.15, 0.2) is 34.9 Å². The van der Waals surface area contributed by atoms with Gasteiger partial charge in [-0.2, -0.15) is 5.10 Å². The molecule has 0 saturated carbocycles. The summed E-state index contributed by atoms with van der Waals surface area (Å²) < 4.78 is 15.8. The highest BCUT2D eigenvalue weighted by atomic mass is 79.9. The van der Waals surface area contributed by atoms with Crippen LogP contribution in [0.5, 0.6) is 0 Å². The van der Waals surface area contributed by atoms with Crippen molar-refractivity contribution < 1.29 is 4.39 Å². The summed E-state index contributed by atoms with van der Waals surface area (Å²) in [5.41, 5.74) is 1.74. The number of benzene rings is 1. The standard InChI is InChI=1S/C13H15BrFN3/c1-3-16-13(11-7-8-18(2)17-11)9-5-4-6-10(15)12(9)14/h4-8,13,16H,3H2,1-2H3. The Labute approximate surface area is 114 Å². The normalized spacial score (nSPS) is 12.7. The van der Waals surface area contributed by atoms with Crippen LogP contribution in [0.25, 0.3) is 0 Å². The van der Waals surface area contributed by atoms with E-state index in [0.29, 0.717) is 4.47 Å².